The van der Waals surface area contributed by atoms with Gasteiger partial charge < -0.3 is 19.6 Å². The van der Waals surface area contributed by atoms with Gasteiger partial charge in [-0.25, -0.2) is 27.2 Å². The van der Waals surface area contributed by atoms with E-state index in [-0.39, 0.29) is 16.6 Å². The molecule has 0 bridgehead atoms. The van der Waals surface area contributed by atoms with Crippen LogP contribution in [0.5, 0.6) is 0 Å². The Kier molecular flexibility index (Phi) is 8.49. The zero-order chi connectivity index (χ0) is 34.7. The molecule has 1 saturated heterocycles. The third kappa shape index (κ3) is 6.31. The largest absolute Gasteiger partial charge is 0.444 e. The van der Waals surface area contributed by atoms with Gasteiger partial charge in [-0.3, -0.25) is 0 Å². The maximum absolute atomic E-state index is 14.4. The van der Waals surface area contributed by atoms with Gasteiger partial charge in [-0.2, -0.15) is 0 Å². The second-order valence-corrected chi connectivity index (χ2v) is 17.0. The summed E-state index contributed by atoms with van der Waals surface area (Å²) in [7, 11) is -4.10. The number of aryl methyl sites for hydroxylation is 1. The van der Waals surface area contributed by atoms with E-state index >= 15 is 0 Å². The van der Waals surface area contributed by atoms with Crippen LogP contribution in [0.25, 0.3) is 32.7 Å². The molecule has 2 aliphatic rings. The van der Waals surface area contributed by atoms with Crippen molar-refractivity contribution < 1.29 is 23.1 Å². The minimum absolute atomic E-state index is 0.141. The predicted molar refractivity (Wildman–Crippen MR) is 193 cm³/mol. The molecule has 13 heteroatoms. The molecule has 0 spiro atoms. The molecule has 7 rings (SSSR count). The van der Waals surface area contributed by atoms with Crippen LogP contribution in [0.15, 0.2) is 71.9 Å². The number of aliphatic hydroxyl groups is 1. The smallest absolute Gasteiger partial charge is 0.410 e. The van der Waals surface area contributed by atoms with Crippen molar-refractivity contribution in [3.63, 3.8) is 0 Å². The van der Waals surface area contributed by atoms with Gasteiger partial charge in [0.2, 0.25) is 0 Å². The van der Waals surface area contributed by atoms with Crippen molar-refractivity contribution in [1.29, 1.82) is 0 Å². The van der Waals surface area contributed by atoms with E-state index in [1.54, 1.807) is 35.4 Å². The number of rotatable bonds is 6. The van der Waals surface area contributed by atoms with Crippen LogP contribution in [0.4, 0.5) is 10.5 Å². The summed E-state index contributed by atoms with van der Waals surface area (Å²) in [6.45, 7) is 9.82. The molecule has 5 aromatic rings. The van der Waals surface area contributed by atoms with E-state index in [0.29, 0.717) is 71.3 Å². The van der Waals surface area contributed by atoms with Crippen molar-refractivity contribution in [2.45, 2.75) is 63.1 Å². The molecule has 0 atom stereocenters. The van der Waals surface area contributed by atoms with Gasteiger partial charge in [0.1, 0.15) is 16.2 Å². The number of benzene rings is 2. The molecule has 0 radical (unpaired) electrons. The zero-order valence-corrected chi connectivity index (χ0v) is 30.2. The first-order valence-corrected chi connectivity index (χ1v) is 18.9. The van der Waals surface area contributed by atoms with Crippen LogP contribution in [-0.2, 0) is 20.4 Å². The molecule has 10 nitrogen and oxygen atoms in total. The number of aromatic nitrogens is 3. The molecule has 1 aliphatic heterocycles. The molecule has 1 saturated carbocycles. The predicted octanol–water partition coefficient (Wildman–Crippen LogP) is 7.45. The average Bonchev–Trinajstić information content (AvgIpc) is 3.69. The Morgan fingerprint density at radius 1 is 0.980 bits per heavy atom. The lowest BCUT2D eigenvalue weighted by atomic mass is 9.81. The summed E-state index contributed by atoms with van der Waals surface area (Å²) in [5, 5.41) is 12.5. The van der Waals surface area contributed by atoms with Gasteiger partial charge in [-0.05, 0) is 82.9 Å². The first kappa shape index (κ1) is 33.5. The minimum Gasteiger partial charge on any atom is -0.444 e. The highest BCUT2D eigenvalue weighted by Gasteiger charge is 2.39. The number of carbonyl (C=O) groups is 1. The number of pyridine rings is 1. The van der Waals surface area contributed by atoms with E-state index in [1.807, 2.05) is 58.0 Å². The Bertz CT molecular complexity index is 2140. The van der Waals surface area contributed by atoms with Crippen LogP contribution in [0.1, 0.15) is 50.6 Å². The van der Waals surface area contributed by atoms with Gasteiger partial charge in [-0.1, -0.05) is 41.4 Å². The molecule has 49 heavy (non-hydrogen) atoms. The molecule has 1 N–H and O–H groups in total. The van der Waals surface area contributed by atoms with E-state index in [2.05, 4.69) is 14.9 Å². The van der Waals surface area contributed by atoms with Crippen LogP contribution in [0.2, 0.25) is 5.02 Å². The third-order valence-corrected chi connectivity index (χ3v) is 12.3. The lowest BCUT2D eigenvalue weighted by Crippen LogP contribution is -2.50. The number of amides is 1. The number of ether oxygens (including phenoxy) is 1. The fourth-order valence-corrected chi connectivity index (χ4v) is 9.18. The molecular formula is C36H38ClN5O5S2. The van der Waals surface area contributed by atoms with Crippen molar-refractivity contribution in [3.05, 3.63) is 82.6 Å². The van der Waals surface area contributed by atoms with Gasteiger partial charge in [0, 0.05) is 55.2 Å². The third-order valence-electron chi connectivity index (χ3n) is 9.09. The highest BCUT2D eigenvalue weighted by Crippen LogP contribution is 2.47. The van der Waals surface area contributed by atoms with Crippen molar-refractivity contribution in [3.8, 4) is 21.7 Å². The van der Waals surface area contributed by atoms with Crippen molar-refractivity contribution in [2.24, 2.45) is 0 Å². The molecule has 0 unspecified atom stereocenters. The van der Waals surface area contributed by atoms with Crippen LogP contribution in [0.3, 0.4) is 0 Å². The van der Waals surface area contributed by atoms with E-state index < -0.39 is 21.2 Å². The van der Waals surface area contributed by atoms with Crippen LogP contribution >= 0.6 is 22.9 Å². The first-order valence-electron chi connectivity index (χ1n) is 16.3. The summed E-state index contributed by atoms with van der Waals surface area (Å²) in [5.41, 5.74) is 2.41. The number of thiazole rings is 1. The molecule has 4 heterocycles. The summed E-state index contributed by atoms with van der Waals surface area (Å²) in [6, 6.07) is 16.3. The maximum Gasteiger partial charge on any atom is 0.410 e. The Morgan fingerprint density at radius 2 is 1.65 bits per heavy atom. The molecule has 2 fully saturated rings. The molecule has 3 aromatic heterocycles. The molecule has 1 aliphatic carbocycles. The summed E-state index contributed by atoms with van der Waals surface area (Å²) < 4.78 is 35.7. The summed E-state index contributed by atoms with van der Waals surface area (Å²) in [5.74, 6) is 0. The van der Waals surface area contributed by atoms with Gasteiger partial charge in [0.05, 0.1) is 20.5 Å². The fourth-order valence-electron chi connectivity index (χ4n) is 6.26. The second kappa shape index (κ2) is 12.4. The van der Waals surface area contributed by atoms with E-state index in [1.165, 1.54) is 21.5 Å². The van der Waals surface area contributed by atoms with Crippen LogP contribution in [0, 0.1) is 6.92 Å². The molecule has 256 valence electrons. The SMILES string of the molecule is Cc1ccc(S(=O)(=O)n2c(-c3ccc(N4CCN(C(=O)OC(C)(C)C)CC4)cc3)cc3c(-c4cnc(C5(O)CCC5)s4)c(Cl)cnc32)cc1. The summed E-state index contributed by atoms with van der Waals surface area (Å²) >= 11 is 8.16. The second-order valence-electron chi connectivity index (χ2n) is 13.7. The summed E-state index contributed by atoms with van der Waals surface area (Å²) in [4.78, 5) is 26.5. The van der Waals surface area contributed by atoms with Gasteiger partial charge in [0.15, 0.2) is 5.65 Å². The van der Waals surface area contributed by atoms with Crippen molar-refractivity contribution >= 4 is 55.8 Å². The molecule has 1 amide bonds. The number of fused-ring (bicyclic) bond motifs is 1. The molecule has 2 aromatic carbocycles. The lowest BCUT2D eigenvalue weighted by molar-refractivity contribution is -0.0389. The topological polar surface area (TPSA) is 118 Å². The van der Waals surface area contributed by atoms with E-state index in [9.17, 15) is 18.3 Å². The fraction of sp³-hybridized carbons (Fsp3) is 0.361. The Labute approximate surface area is 295 Å². The monoisotopic (exact) mass is 719 g/mol. The normalized spacial score (nSPS) is 16.5. The quantitative estimate of drug-likeness (QED) is 0.192. The average molecular weight is 720 g/mol. The Balaban J connectivity index is 1.28. The van der Waals surface area contributed by atoms with Crippen LogP contribution in [-0.4, -0.2) is 70.2 Å². The number of halogens is 1. The number of anilines is 1. The summed E-state index contributed by atoms with van der Waals surface area (Å²) in [6.07, 6.45) is 5.11. The van der Waals surface area contributed by atoms with Gasteiger partial charge >= 0.3 is 6.09 Å². The molecular weight excluding hydrogens is 682 g/mol. The zero-order valence-electron chi connectivity index (χ0n) is 27.8. The first-order chi connectivity index (χ1) is 23.2. The standard InChI is InChI=1S/C36H38ClN5O5S2/c1-23-6-12-26(13-7-23)49(45,46)42-29(24-8-10-25(11-9-24)40-16-18-41(19-17-40)34(43)47-35(2,3)4)20-27-31(28(37)21-38-32(27)42)30-22-39-33(48-30)36(44)14-5-15-36/h6-13,20-22,44H,5,14-19H2,1-4H3. The lowest BCUT2D eigenvalue weighted by Gasteiger charge is -2.36. The Morgan fingerprint density at radius 3 is 2.27 bits per heavy atom. The highest BCUT2D eigenvalue weighted by molar-refractivity contribution is 7.90. The Hall–Kier alpha value is -3.97. The number of piperazine rings is 1. The minimum atomic E-state index is -4.10. The van der Waals surface area contributed by atoms with Gasteiger partial charge in [-0.15, -0.1) is 11.3 Å². The van der Waals surface area contributed by atoms with Crippen molar-refractivity contribution in [2.75, 3.05) is 31.1 Å². The number of hydrogen-bond donors (Lipinski definition) is 1. The number of hydrogen-bond acceptors (Lipinski definition) is 9. The highest BCUT2D eigenvalue weighted by atomic mass is 35.5. The van der Waals surface area contributed by atoms with E-state index in [4.69, 9.17) is 16.3 Å². The van der Waals surface area contributed by atoms with Crippen LogP contribution < -0.4 is 4.90 Å². The van der Waals surface area contributed by atoms with Gasteiger partial charge in [0.25, 0.3) is 10.0 Å². The van der Waals surface area contributed by atoms with E-state index in [0.717, 1.165) is 22.5 Å². The number of carbonyl (C=O) groups excluding carboxylic acids is 1. The number of nitrogens with zero attached hydrogens (tertiary/aromatic N) is 5. The maximum atomic E-state index is 14.4. The van der Waals surface area contributed by atoms with Crippen molar-refractivity contribution in [1.82, 2.24) is 18.8 Å².